The Morgan fingerprint density at radius 3 is 2.38 bits per heavy atom. The Morgan fingerprint density at radius 1 is 1.00 bits per heavy atom. The molecule has 0 amide bonds. The fourth-order valence-corrected chi connectivity index (χ4v) is 4.77. The van der Waals surface area contributed by atoms with Crippen LogP contribution in [0.2, 0.25) is 0 Å². The molecule has 3 aromatic carbocycles. The Bertz CT molecular complexity index is 1440. The minimum absolute atomic E-state index is 0.0639. The van der Waals surface area contributed by atoms with Crippen molar-refractivity contribution in [3.63, 3.8) is 0 Å². The third kappa shape index (κ3) is 4.12. The lowest BCUT2D eigenvalue weighted by Crippen LogP contribution is -2.26. The SMILES string of the molecule is CON(C)S(=O)(=O)c1ccc(Br)c(C(=O)OCc2nc3ccccc3c3ccccc23)c1. The highest BCUT2D eigenvalue weighted by molar-refractivity contribution is 9.10. The van der Waals surface area contributed by atoms with Gasteiger partial charge in [-0.3, -0.25) is 4.84 Å². The number of hydrogen-bond donors (Lipinski definition) is 0. The number of pyridine rings is 1. The fraction of sp³-hybridized carbons (Fsp3) is 0.130. The highest BCUT2D eigenvalue weighted by Crippen LogP contribution is 2.28. The first-order valence-corrected chi connectivity index (χ1v) is 11.8. The number of fused-ring (bicyclic) bond motifs is 3. The minimum Gasteiger partial charge on any atom is -0.456 e. The van der Waals surface area contributed by atoms with E-state index in [1.807, 2.05) is 48.5 Å². The first kappa shape index (κ1) is 22.3. The second-order valence-electron chi connectivity index (χ2n) is 6.94. The molecule has 1 heterocycles. The van der Waals surface area contributed by atoms with Gasteiger partial charge in [0, 0.05) is 22.3 Å². The van der Waals surface area contributed by atoms with Crippen molar-refractivity contribution in [3.8, 4) is 0 Å². The van der Waals surface area contributed by atoms with Gasteiger partial charge in [-0.05, 0) is 45.6 Å². The van der Waals surface area contributed by atoms with Crippen molar-refractivity contribution >= 4 is 53.6 Å². The van der Waals surface area contributed by atoms with Gasteiger partial charge in [-0.15, -0.1) is 0 Å². The Balaban J connectivity index is 1.66. The summed E-state index contributed by atoms with van der Waals surface area (Å²) in [6, 6.07) is 19.7. The molecule has 32 heavy (non-hydrogen) atoms. The number of benzene rings is 3. The molecule has 0 bridgehead atoms. The molecule has 0 aliphatic heterocycles. The number of hydroxylamine groups is 1. The molecule has 0 saturated heterocycles. The van der Waals surface area contributed by atoms with Crippen molar-refractivity contribution < 1.29 is 22.8 Å². The van der Waals surface area contributed by atoms with Gasteiger partial charge >= 0.3 is 5.97 Å². The quantitative estimate of drug-likeness (QED) is 0.211. The molecule has 164 valence electrons. The normalized spacial score (nSPS) is 11.9. The second-order valence-corrected chi connectivity index (χ2v) is 9.73. The average molecular weight is 515 g/mol. The topological polar surface area (TPSA) is 85.8 Å². The number of esters is 1. The smallest absolute Gasteiger partial charge is 0.339 e. The number of ether oxygens (including phenoxy) is 1. The Labute approximate surface area is 193 Å². The van der Waals surface area contributed by atoms with Gasteiger partial charge in [0.15, 0.2) is 0 Å². The van der Waals surface area contributed by atoms with E-state index in [0.29, 0.717) is 10.2 Å². The van der Waals surface area contributed by atoms with Crippen LogP contribution in [0.4, 0.5) is 0 Å². The van der Waals surface area contributed by atoms with Crippen LogP contribution < -0.4 is 0 Å². The van der Waals surface area contributed by atoms with E-state index < -0.39 is 16.0 Å². The maximum atomic E-state index is 12.8. The van der Waals surface area contributed by atoms with E-state index in [2.05, 4.69) is 20.9 Å². The van der Waals surface area contributed by atoms with Crippen molar-refractivity contribution in [3.05, 3.63) is 82.5 Å². The number of carbonyl (C=O) groups is 1. The summed E-state index contributed by atoms with van der Waals surface area (Å²) in [7, 11) is -1.40. The van der Waals surface area contributed by atoms with Gasteiger partial charge in [0.2, 0.25) is 0 Å². The Morgan fingerprint density at radius 2 is 1.66 bits per heavy atom. The van der Waals surface area contributed by atoms with Crippen LogP contribution in [-0.2, 0) is 26.2 Å². The third-order valence-corrected chi connectivity index (χ3v) is 7.45. The van der Waals surface area contributed by atoms with Gasteiger partial charge in [0.05, 0.1) is 28.8 Å². The molecular weight excluding hydrogens is 496 g/mol. The predicted molar refractivity (Wildman–Crippen MR) is 124 cm³/mol. The number of aromatic nitrogens is 1. The van der Waals surface area contributed by atoms with E-state index in [0.717, 1.165) is 26.1 Å². The van der Waals surface area contributed by atoms with E-state index in [1.165, 1.54) is 32.4 Å². The summed E-state index contributed by atoms with van der Waals surface area (Å²) in [6.45, 7) is -0.0639. The predicted octanol–water partition coefficient (Wildman–Crippen LogP) is 4.69. The maximum absolute atomic E-state index is 12.8. The number of para-hydroxylation sites is 1. The second kappa shape index (κ2) is 8.95. The van der Waals surface area contributed by atoms with Gasteiger partial charge in [-0.2, -0.15) is 0 Å². The maximum Gasteiger partial charge on any atom is 0.339 e. The Hall–Kier alpha value is -2.85. The van der Waals surface area contributed by atoms with Crippen molar-refractivity contribution in [1.82, 2.24) is 9.45 Å². The van der Waals surface area contributed by atoms with Gasteiger partial charge in [0.25, 0.3) is 10.0 Å². The number of hydrogen-bond acceptors (Lipinski definition) is 6. The monoisotopic (exact) mass is 514 g/mol. The molecule has 0 saturated carbocycles. The summed E-state index contributed by atoms with van der Waals surface area (Å²) in [5.74, 6) is -0.673. The summed E-state index contributed by atoms with van der Waals surface area (Å²) >= 11 is 3.29. The Kier molecular flexibility index (Phi) is 6.25. The molecule has 0 aliphatic rings. The molecule has 0 radical (unpaired) electrons. The van der Waals surface area contributed by atoms with E-state index >= 15 is 0 Å². The molecule has 7 nitrogen and oxygen atoms in total. The first-order valence-electron chi connectivity index (χ1n) is 9.59. The summed E-state index contributed by atoms with van der Waals surface area (Å²) < 4.78 is 31.7. The molecule has 0 aliphatic carbocycles. The van der Waals surface area contributed by atoms with Gasteiger partial charge < -0.3 is 4.74 Å². The zero-order chi connectivity index (χ0) is 22.9. The number of carbonyl (C=O) groups excluding carboxylic acids is 1. The van der Waals surface area contributed by atoms with Gasteiger partial charge in [-0.1, -0.05) is 46.9 Å². The van der Waals surface area contributed by atoms with E-state index in [4.69, 9.17) is 9.57 Å². The van der Waals surface area contributed by atoms with E-state index in [-0.39, 0.29) is 17.1 Å². The molecule has 1 aromatic heterocycles. The molecule has 0 fully saturated rings. The molecule has 0 atom stereocenters. The zero-order valence-electron chi connectivity index (χ0n) is 17.3. The van der Waals surface area contributed by atoms with Crippen LogP contribution in [-0.4, -0.2) is 38.0 Å². The summed E-state index contributed by atoms with van der Waals surface area (Å²) in [5, 5.41) is 2.92. The van der Waals surface area contributed by atoms with Crippen molar-refractivity contribution in [2.45, 2.75) is 11.5 Å². The molecule has 0 N–H and O–H groups in total. The largest absolute Gasteiger partial charge is 0.456 e. The highest BCUT2D eigenvalue weighted by atomic mass is 79.9. The van der Waals surface area contributed by atoms with Gasteiger partial charge in [0.1, 0.15) is 6.61 Å². The van der Waals surface area contributed by atoms with Crippen molar-refractivity contribution in [2.24, 2.45) is 0 Å². The van der Waals surface area contributed by atoms with E-state index in [1.54, 1.807) is 0 Å². The molecule has 0 unspecified atom stereocenters. The van der Waals surface area contributed by atoms with Crippen LogP contribution in [0.3, 0.4) is 0 Å². The summed E-state index contributed by atoms with van der Waals surface area (Å²) in [6.07, 6.45) is 0. The van der Waals surface area contributed by atoms with Crippen LogP contribution in [0.25, 0.3) is 21.7 Å². The molecule has 0 spiro atoms. The van der Waals surface area contributed by atoms with E-state index in [9.17, 15) is 13.2 Å². The van der Waals surface area contributed by atoms with Crippen LogP contribution >= 0.6 is 15.9 Å². The molecular formula is C23H19BrN2O5S. The minimum atomic E-state index is -3.91. The fourth-order valence-electron chi connectivity index (χ4n) is 3.36. The van der Waals surface area contributed by atoms with Crippen LogP contribution in [0, 0.1) is 0 Å². The van der Waals surface area contributed by atoms with Crippen molar-refractivity contribution in [1.29, 1.82) is 0 Å². The number of nitrogens with zero attached hydrogens (tertiary/aromatic N) is 2. The van der Waals surface area contributed by atoms with Crippen LogP contribution in [0.15, 0.2) is 76.1 Å². The third-order valence-electron chi connectivity index (χ3n) is 5.08. The average Bonchev–Trinajstić information content (AvgIpc) is 2.81. The number of sulfonamides is 1. The summed E-state index contributed by atoms with van der Waals surface area (Å²) in [5.41, 5.74) is 1.50. The standard InChI is InChI=1S/C23H19BrN2O5S/c1-26(30-2)32(28,29)15-11-12-20(24)19(13-15)23(27)31-14-22-18-9-4-3-7-16(18)17-8-5-6-10-21(17)25-22/h3-13H,14H2,1-2H3. The molecule has 4 aromatic rings. The lowest BCUT2D eigenvalue weighted by atomic mass is 10.0. The number of rotatable bonds is 6. The van der Waals surface area contributed by atoms with Gasteiger partial charge in [-0.25, -0.2) is 18.2 Å². The molecule has 4 rings (SSSR count). The lowest BCUT2D eigenvalue weighted by molar-refractivity contribution is -0.0258. The zero-order valence-corrected chi connectivity index (χ0v) is 19.7. The number of halogens is 1. The lowest BCUT2D eigenvalue weighted by Gasteiger charge is -2.15. The van der Waals surface area contributed by atoms with Crippen LogP contribution in [0.1, 0.15) is 16.1 Å². The molecule has 9 heteroatoms. The summed E-state index contributed by atoms with van der Waals surface area (Å²) in [4.78, 5) is 22.2. The first-order chi connectivity index (χ1) is 15.3. The highest BCUT2D eigenvalue weighted by Gasteiger charge is 2.24. The van der Waals surface area contributed by atoms with Crippen molar-refractivity contribution in [2.75, 3.05) is 14.2 Å². The van der Waals surface area contributed by atoms with Crippen LogP contribution in [0.5, 0.6) is 0 Å².